The molecule has 3 aromatic rings. The Balaban J connectivity index is 1.65. The quantitative estimate of drug-likeness (QED) is 0.278. The van der Waals surface area contributed by atoms with Gasteiger partial charge in [-0.1, -0.05) is 23.9 Å². The van der Waals surface area contributed by atoms with E-state index in [4.69, 9.17) is 4.74 Å². The Bertz CT molecular complexity index is 1170. The van der Waals surface area contributed by atoms with Gasteiger partial charge in [0.2, 0.25) is 0 Å². The van der Waals surface area contributed by atoms with Gasteiger partial charge in [-0.2, -0.15) is 0 Å². The molecule has 0 saturated heterocycles. The minimum Gasteiger partial charge on any atom is -0.497 e. The lowest BCUT2D eigenvalue weighted by Crippen LogP contribution is -2.34. The van der Waals surface area contributed by atoms with Crippen LogP contribution in [0.5, 0.6) is 5.75 Å². The van der Waals surface area contributed by atoms with E-state index in [1.165, 1.54) is 25.3 Å². The molecule has 10 heteroatoms. The van der Waals surface area contributed by atoms with Gasteiger partial charge in [-0.25, -0.2) is 4.39 Å². The molecule has 0 heterocycles. The number of carbonyl (C=O) groups is 2. The lowest BCUT2D eigenvalue weighted by molar-refractivity contribution is -0.384. The topological polar surface area (TPSA) is 111 Å². The van der Waals surface area contributed by atoms with Crippen LogP contribution >= 0.6 is 11.8 Å². The number of hydrogen-bond donors (Lipinski definition) is 2. The predicted octanol–water partition coefficient (Wildman–Crippen LogP) is 4.05. The molecule has 0 spiro atoms. The molecule has 0 fully saturated rings. The summed E-state index contributed by atoms with van der Waals surface area (Å²) in [5.74, 6) is -0.734. The number of nitro benzene ring substituents is 1. The van der Waals surface area contributed by atoms with E-state index in [1.54, 1.807) is 42.5 Å². The van der Waals surface area contributed by atoms with Crippen molar-refractivity contribution >= 4 is 29.3 Å². The molecule has 8 nitrogen and oxygen atoms in total. The Hall–Kier alpha value is -3.92. The average molecular weight is 469 g/mol. The maximum absolute atomic E-state index is 14.0. The average Bonchev–Trinajstić information content (AvgIpc) is 2.83. The van der Waals surface area contributed by atoms with Crippen molar-refractivity contribution in [3.8, 4) is 5.75 Å². The van der Waals surface area contributed by atoms with E-state index in [9.17, 15) is 24.1 Å². The molecule has 0 saturated carbocycles. The van der Waals surface area contributed by atoms with Crippen molar-refractivity contribution in [2.75, 3.05) is 20.2 Å². The Morgan fingerprint density at radius 1 is 0.970 bits per heavy atom. The fraction of sp³-hybridized carbons (Fsp3) is 0.130. The van der Waals surface area contributed by atoms with Gasteiger partial charge in [-0.15, -0.1) is 0 Å². The first-order valence-corrected chi connectivity index (χ1v) is 10.6. The second-order valence-electron chi connectivity index (χ2n) is 6.71. The van der Waals surface area contributed by atoms with Gasteiger partial charge in [0.25, 0.3) is 17.5 Å². The third-order valence-corrected chi connectivity index (χ3v) is 5.65. The number of non-ortho nitro benzene ring substituents is 1. The van der Waals surface area contributed by atoms with Crippen LogP contribution in [0.25, 0.3) is 0 Å². The first-order chi connectivity index (χ1) is 15.9. The highest BCUT2D eigenvalue weighted by molar-refractivity contribution is 7.99. The zero-order chi connectivity index (χ0) is 23.8. The summed E-state index contributed by atoms with van der Waals surface area (Å²) in [5.41, 5.74) is 0.217. The van der Waals surface area contributed by atoms with Gasteiger partial charge in [0.15, 0.2) is 0 Å². The van der Waals surface area contributed by atoms with Crippen LogP contribution in [0.4, 0.5) is 10.1 Å². The number of nitrogens with one attached hydrogen (secondary N) is 2. The molecule has 33 heavy (non-hydrogen) atoms. The van der Waals surface area contributed by atoms with Gasteiger partial charge in [0.05, 0.1) is 17.6 Å². The molecule has 3 aromatic carbocycles. The summed E-state index contributed by atoms with van der Waals surface area (Å²) in [5, 5.41) is 16.5. The second kappa shape index (κ2) is 11.1. The van der Waals surface area contributed by atoms with Gasteiger partial charge in [-0.3, -0.25) is 19.7 Å². The van der Waals surface area contributed by atoms with Crippen molar-refractivity contribution in [3.05, 3.63) is 93.8 Å². The van der Waals surface area contributed by atoms with Crippen molar-refractivity contribution < 1.29 is 23.6 Å². The number of methoxy groups -OCH3 is 1. The highest BCUT2D eigenvalue weighted by Gasteiger charge is 2.18. The monoisotopic (exact) mass is 469 g/mol. The molecular weight excluding hydrogens is 449 g/mol. The van der Waals surface area contributed by atoms with E-state index in [0.717, 1.165) is 17.8 Å². The van der Waals surface area contributed by atoms with E-state index >= 15 is 0 Å². The molecule has 0 aliphatic heterocycles. The molecule has 2 N–H and O–H groups in total. The van der Waals surface area contributed by atoms with Gasteiger partial charge < -0.3 is 15.4 Å². The van der Waals surface area contributed by atoms with Crippen LogP contribution in [-0.2, 0) is 0 Å². The number of nitro groups is 1. The van der Waals surface area contributed by atoms with E-state index < -0.39 is 16.6 Å². The summed E-state index contributed by atoms with van der Waals surface area (Å²) in [6.45, 7) is 0.231. The zero-order valence-electron chi connectivity index (χ0n) is 17.5. The smallest absolute Gasteiger partial charge is 0.270 e. The highest BCUT2D eigenvalue weighted by atomic mass is 32.2. The van der Waals surface area contributed by atoms with E-state index in [-0.39, 0.29) is 35.1 Å². The van der Waals surface area contributed by atoms with E-state index in [0.29, 0.717) is 16.2 Å². The van der Waals surface area contributed by atoms with E-state index in [2.05, 4.69) is 10.6 Å². The summed E-state index contributed by atoms with van der Waals surface area (Å²) >= 11 is 0.996. The summed E-state index contributed by atoms with van der Waals surface area (Å²) in [6.07, 6.45) is 0. The summed E-state index contributed by atoms with van der Waals surface area (Å²) < 4.78 is 19.1. The predicted molar refractivity (Wildman–Crippen MR) is 121 cm³/mol. The van der Waals surface area contributed by atoms with Gasteiger partial charge in [0, 0.05) is 40.6 Å². The van der Waals surface area contributed by atoms with E-state index in [1.807, 2.05) is 0 Å². The summed E-state index contributed by atoms with van der Waals surface area (Å²) in [4.78, 5) is 36.1. The number of amides is 2. The first kappa shape index (κ1) is 23.7. The van der Waals surface area contributed by atoms with Crippen molar-refractivity contribution in [2.45, 2.75) is 9.79 Å². The van der Waals surface area contributed by atoms with Gasteiger partial charge in [0.1, 0.15) is 11.6 Å². The van der Waals surface area contributed by atoms with Crippen molar-refractivity contribution in [3.63, 3.8) is 0 Å². The van der Waals surface area contributed by atoms with Crippen LogP contribution in [0.2, 0.25) is 0 Å². The SMILES string of the molecule is COc1ccc(C(=O)NCCNC(=O)c2cc([N+](=O)[O-])ccc2Sc2ccccc2F)cc1. The van der Waals surface area contributed by atoms with Crippen molar-refractivity contribution in [2.24, 2.45) is 0 Å². The lowest BCUT2D eigenvalue weighted by atomic mass is 10.2. The normalized spacial score (nSPS) is 10.4. The fourth-order valence-electron chi connectivity index (χ4n) is 2.84. The van der Waals surface area contributed by atoms with Crippen LogP contribution in [0.1, 0.15) is 20.7 Å². The molecule has 0 unspecified atom stereocenters. The molecule has 0 aliphatic rings. The Kier molecular flexibility index (Phi) is 7.98. The van der Waals surface area contributed by atoms with Gasteiger partial charge in [-0.05, 0) is 42.5 Å². The number of ether oxygens (including phenoxy) is 1. The number of nitrogens with zero attached hydrogens (tertiary/aromatic N) is 1. The number of hydrogen-bond acceptors (Lipinski definition) is 6. The number of halogens is 1. The number of carbonyl (C=O) groups excluding carboxylic acids is 2. The molecule has 0 aromatic heterocycles. The molecule has 2 amide bonds. The number of rotatable bonds is 9. The minimum atomic E-state index is -0.608. The Labute approximate surface area is 193 Å². The molecule has 0 atom stereocenters. The molecular formula is C23H20FN3O5S. The largest absolute Gasteiger partial charge is 0.497 e. The third kappa shape index (κ3) is 6.30. The van der Waals surface area contributed by atoms with Crippen LogP contribution < -0.4 is 15.4 Å². The number of benzene rings is 3. The van der Waals surface area contributed by atoms with Crippen LogP contribution in [0.15, 0.2) is 76.5 Å². The fourth-order valence-corrected chi connectivity index (χ4v) is 3.78. The second-order valence-corrected chi connectivity index (χ2v) is 7.79. The van der Waals surface area contributed by atoms with Gasteiger partial charge >= 0.3 is 0 Å². The molecule has 0 radical (unpaired) electrons. The summed E-state index contributed by atoms with van der Waals surface area (Å²) in [7, 11) is 1.53. The first-order valence-electron chi connectivity index (χ1n) is 9.80. The Morgan fingerprint density at radius 2 is 1.64 bits per heavy atom. The Morgan fingerprint density at radius 3 is 2.27 bits per heavy atom. The van der Waals surface area contributed by atoms with Crippen LogP contribution in [-0.4, -0.2) is 36.9 Å². The van der Waals surface area contributed by atoms with Crippen LogP contribution in [0.3, 0.4) is 0 Å². The maximum atomic E-state index is 14.0. The summed E-state index contributed by atoms with van der Waals surface area (Å²) in [6, 6.07) is 16.4. The standard InChI is InChI=1S/C23H20FN3O5S/c1-32-17-9-6-15(7-10-17)22(28)25-12-13-26-23(29)18-14-16(27(30)31)8-11-20(18)33-21-5-3-2-4-19(21)24/h2-11,14H,12-13H2,1H3,(H,25,28)(H,26,29). The molecule has 0 bridgehead atoms. The minimum absolute atomic E-state index is 0.0407. The van der Waals surface area contributed by atoms with Crippen molar-refractivity contribution in [1.82, 2.24) is 10.6 Å². The molecule has 3 rings (SSSR count). The molecule has 0 aliphatic carbocycles. The third-order valence-electron chi connectivity index (χ3n) is 4.52. The lowest BCUT2D eigenvalue weighted by Gasteiger charge is -2.11. The zero-order valence-corrected chi connectivity index (χ0v) is 18.4. The molecule has 170 valence electrons. The van der Waals surface area contributed by atoms with Crippen LogP contribution in [0, 0.1) is 15.9 Å². The maximum Gasteiger partial charge on any atom is 0.270 e. The van der Waals surface area contributed by atoms with Crippen molar-refractivity contribution in [1.29, 1.82) is 0 Å². The highest BCUT2D eigenvalue weighted by Crippen LogP contribution is 2.34.